The molecular formula is C22H26ClF2N3O4. The number of aliphatic hydroxyl groups is 1. The van der Waals surface area contributed by atoms with Crippen LogP contribution in [-0.4, -0.2) is 59.0 Å². The van der Waals surface area contributed by atoms with Crippen molar-refractivity contribution in [2.75, 3.05) is 19.8 Å². The van der Waals surface area contributed by atoms with E-state index in [0.29, 0.717) is 24.1 Å². The van der Waals surface area contributed by atoms with E-state index in [9.17, 15) is 18.4 Å². The average Bonchev–Trinajstić information content (AvgIpc) is 3.11. The molecule has 1 aromatic rings. The molecule has 0 aliphatic carbocycles. The maximum atomic E-state index is 12.9. The van der Waals surface area contributed by atoms with Crippen LogP contribution in [0, 0.1) is 0 Å². The number of amides is 2. The first-order valence-electron chi connectivity index (χ1n) is 10.1. The van der Waals surface area contributed by atoms with Gasteiger partial charge in [0.05, 0.1) is 5.03 Å². The monoisotopic (exact) mass is 469 g/mol. The molecule has 32 heavy (non-hydrogen) atoms. The molecule has 7 nitrogen and oxygen atoms in total. The summed E-state index contributed by atoms with van der Waals surface area (Å²) in [4.78, 5) is 31.0. The first-order chi connectivity index (χ1) is 15.3. The summed E-state index contributed by atoms with van der Waals surface area (Å²) >= 11 is 6.20. The van der Waals surface area contributed by atoms with Gasteiger partial charge in [-0.2, -0.15) is 0 Å². The minimum absolute atomic E-state index is 0.0450. The molecule has 0 saturated heterocycles. The Morgan fingerprint density at radius 3 is 2.84 bits per heavy atom. The van der Waals surface area contributed by atoms with Crippen molar-refractivity contribution in [2.45, 2.75) is 39.3 Å². The first kappa shape index (κ1) is 25.5. The number of nitrogens with zero attached hydrogens (tertiary/aromatic N) is 2. The van der Waals surface area contributed by atoms with Crippen molar-refractivity contribution in [1.82, 2.24) is 15.2 Å². The lowest BCUT2D eigenvalue weighted by Gasteiger charge is -2.21. The van der Waals surface area contributed by atoms with Crippen molar-refractivity contribution >= 4 is 23.4 Å². The number of ether oxygens (including phenoxy) is 1. The van der Waals surface area contributed by atoms with Gasteiger partial charge in [-0.1, -0.05) is 23.8 Å². The number of carbonyl (C=O) groups is 2. The molecule has 0 saturated carbocycles. The van der Waals surface area contributed by atoms with E-state index < -0.39 is 25.0 Å². The van der Waals surface area contributed by atoms with Crippen LogP contribution in [0.5, 0.6) is 0 Å². The Hall–Kier alpha value is -2.78. The van der Waals surface area contributed by atoms with E-state index >= 15 is 0 Å². The third-order valence-corrected chi connectivity index (χ3v) is 4.95. The van der Waals surface area contributed by atoms with Gasteiger partial charge in [-0.15, -0.1) is 0 Å². The minimum Gasteiger partial charge on any atom is -0.486 e. The average molecular weight is 470 g/mol. The van der Waals surface area contributed by atoms with Gasteiger partial charge in [-0.3, -0.25) is 14.6 Å². The smallest absolute Gasteiger partial charge is 0.272 e. The van der Waals surface area contributed by atoms with E-state index in [4.69, 9.17) is 21.4 Å². The minimum atomic E-state index is -2.63. The second-order valence-corrected chi connectivity index (χ2v) is 7.37. The number of pyridine rings is 1. The van der Waals surface area contributed by atoms with Crippen molar-refractivity contribution in [1.29, 1.82) is 0 Å². The summed E-state index contributed by atoms with van der Waals surface area (Å²) in [5.41, 5.74) is 1.08. The molecular weight excluding hydrogens is 444 g/mol. The van der Waals surface area contributed by atoms with Crippen LogP contribution in [0.2, 0.25) is 0 Å². The van der Waals surface area contributed by atoms with Gasteiger partial charge in [0, 0.05) is 43.1 Å². The summed E-state index contributed by atoms with van der Waals surface area (Å²) in [6.45, 7) is 3.12. The van der Waals surface area contributed by atoms with Crippen LogP contribution < -0.4 is 5.32 Å². The predicted octanol–water partition coefficient (Wildman–Crippen LogP) is 3.40. The molecule has 0 spiro atoms. The highest BCUT2D eigenvalue weighted by Gasteiger charge is 2.33. The van der Waals surface area contributed by atoms with Crippen LogP contribution in [0.3, 0.4) is 0 Å². The second-order valence-electron chi connectivity index (χ2n) is 6.97. The Morgan fingerprint density at radius 2 is 2.19 bits per heavy atom. The number of nitrogens with one attached hydrogen (secondary N) is 1. The van der Waals surface area contributed by atoms with Gasteiger partial charge >= 0.3 is 0 Å². The molecule has 2 N–H and O–H groups in total. The number of aromatic nitrogens is 1. The van der Waals surface area contributed by atoms with E-state index in [1.165, 1.54) is 18.3 Å². The standard InChI is InChI=1S/C22H26ClF2N3O4/c1-3-5-18(32-13-19(24)25)17(23)7-6-14(2)28-12-16-15(22(28)31)8-10-26-20(16)21(30)27-9-4-11-29/h3,5-8,10,14,19,29H,4,9,11-13H2,1-2H3,(H,27,30)/b5-3-,7-6+,18-17-. The molecule has 1 aromatic heterocycles. The summed E-state index contributed by atoms with van der Waals surface area (Å²) in [5, 5.41) is 11.6. The number of hydrogen-bond donors (Lipinski definition) is 2. The molecule has 1 aliphatic heterocycles. The van der Waals surface area contributed by atoms with Gasteiger partial charge < -0.3 is 20.1 Å². The van der Waals surface area contributed by atoms with Crippen LogP contribution in [0.25, 0.3) is 0 Å². The number of carbonyl (C=O) groups excluding carboxylic acids is 2. The maximum Gasteiger partial charge on any atom is 0.272 e. The summed E-state index contributed by atoms with van der Waals surface area (Å²) in [6, 6.07) is 1.16. The fourth-order valence-electron chi connectivity index (χ4n) is 3.05. The molecule has 10 heteroatoms. The Bertz CT molecular complexity index is 918. The third-order valence-electron chi connectivity index (χ3n) is 4.64. The van der Waals surface area contributed by atoms with Crippen LogP contribution in [0.15, 0.2) is 47.4 Å². The lowest BCUT2D eigenvalue weighted by atomic mass is 10.1. The molecule has 0 fully saturated rings. The number of fused-ring (bicyclic) bond motifs is 1. The van der Waals surface area contributed by atoms with E-state index in [1.54, 1.807) is 37.0 Å². The molecule has 0 aromatic carbocycles. The Labute approximate surface area is 190 Å². The molecule has 0 radical (unpaired) electrons. The molecule has 2 amide bonds. The van der Waals surface area contributed by atoms with E-state index in [2.05, 4.69) is 10.3 Å². The highest BCUT2D eigenvalue weighted by atomic mass is 35.5. The highest BCUT2D eigenvalue weighted by Crippen LogP contribution is 2.27. The third kappa shape index (κ3) is 6.61. The van der Waals surface area contributed by atoms with E-state index in [0.717, 1.165) is 0 Å². The second kappa shape index (κ2) is 12.3. The highest BCUT2D eigenvalue weighted by molar-refractivity contribution is 6.31. The van der Waals surface area contributed by atoms with Gasteiger partial charge in [0.25, 0.3) is 18.2 Å². The van der Waals surface area contributed by atoms with E-state index in [-0.39, 0.29) is 35.5 Å². The Kier molecular flexibility index (Phi) is 9.80. The Morgan fingerprint density at radius 1 is 1.44 bits per heavy atom. The summed E-state index contributed by atoms with van der Waals surface area (Å²) in [5.74, 6) is -0.571. The largest absolute Gasteiger partial charge is 0.486 e. The van der Waals surface area contributed by atoms with Gasteiger partial charge in [-0.05, 0) is 38.5 Å². The van der Waals surface area contributed by atoms with Crippen molar-refractivity contribution in [3.63, 3.8) is 0 Å². The van der Waals surface area contributed by atoms with Crippen molar-refractivity contribution in [2.24, 2.45) is 0 Å². The topological polar surface area (TPSA) is 91.8 Å². The molecule has 174 valence electrons. The van der Waals surface area contributed by atoms with Crippen molar-refractivity contribution in [3.05, 3.63) is 64.2 Å². The quantitative estimate of drug-likeness (QED) is 0.294. The lowest BCUT2D eigenvalue weighted by molar-refractivity contribution is 0.0522. The van der Waals surface area contributed by atoms with Crippen molar-refractivity contribution in [3.8, 4) is 0 Å². The number of aliphatic hydroxyl groups excluding tert-OH is 1. The molecule has 0 bridgehead atoms. The van der Waals surface area contributed by atoms with Crippen LogP contribution in [0.1, 0.15) is 46.7 Å². The molecule has 2 heterocycles. The summed E-state index contributed by atoms with van der Waals surface area (Å²) in [6.07, 6.45) is 5.42. The zero-order chi connectivity index (χ0) is 23.7. The number of alkyl halides is 2. The maximum absolute atomic E-state index is 12.9. The van der Waals surface area contributed by atoms with Crippen LogP contribution in [-0.2, 0) is 11.3 Å². The zero-order valence-corrected chi connectivity index (χ0v) is 18.6. The molecule has 1 atom stereocenters. The molecule has 1 aliphatic rings. The number of rotatable bonds is 11. The number of hydrogen-bond acceptors (Lipinski definition) is 5. The number of allylic oxidation sites excluding steroid dienone is 4. The van der Waals surface area contributed by atoms with Crippen LogP contribution in [0.4, 0.5) is 8.78 Å². The predicted molar refractivity (Wildman–Crippen MR) is 116 cm³/mol. The molecule has 1 unspecified atom stereocenters. The van der Waals surface area contributed by atoms with Gasteiger partial charge in [0.2, 0.25) is 0 Å². The molecule has 2 rings (SSSR count). The fourth-order valence-corrected chi connectivity index (χ4v) is 3.24. The van der Waals surface area contributed by atoms with Crippen LogP contribution >= 0.6 is 11.6 Å². The SMILES string of the molecule is C\C=C/C(OCC(F)F)=C(Cl)\C=C\C(C)N1Cc2c(ccnc2C(=O)NCCCO)C1=O. The van der Waals surface area contributed by atoms with Gasteiger partial charge in [-0.25, -0.2) is 8.78 Å². The number of halogens is 3. The fraction of sp³-hybridized carbons (Fsp3) is 0.409. The lowest BCUT2D eigenvalue weighted by Crippen LogP contribution is -2.32. The van der Waals surface area contributed by atoms with E-state index in [1.807, 2.05) is 0 Å². The summed E-state index contributed by atoms with van der Waals surface area (Å²) in [7, 11) is 0. The first-order valence-corrected chi connectivity index (χ1v) is 10.5. The van der Waals surface area contributed by atoms with Gasteiger partial charge in [0.1, 0.15) is 18.1 Å². The van der Waals surface area contributed by atoms with Gasteiger partial charge in [0.15, 0.2) is 0 Å². The Balaban J connectivity index is 2.16. The zero-order valence-electron chi connectivity index (χ0n) is 17.9. The normalized spacial score (nSPS) is 15.5. The van der Waals surface area contributed by atoms with Crippen molar-refractivity contribution < 1.29 is 28.2 Å². The summed E-state index contributed by atoms with van der Waals surface area (Å²) < 4.78 is 29.9.